The number of nitrogens with one attached hydrogen (secondary N) is 1. The smallest absolute Gasteiger partial charge is 0.166 e. The molecule has 0 unspecified atom stereocenters. The van der Waals surface area contributed by atoms with Crippen LogP contribution in [-0.4, -0.2) is 11.3 Å². The van der Waals surface area contributed by atoms with Crippen molar-refractivity contribution in [3.05, 3.63) is 59.2 Å². The van der Waals surface area contributed by atoms with Crippen molar-refractivity contribution in [1.82, 2.24) is 0 Å². The first-order valence-corrected chi connectivity index (χ1v) is 9.64. The van der Waals surface area contributed by atoms with Gasteiger partial charge in [-0.1, -0.05) is 71.9 Å². The molecule has 0 amide bonds. The van der Waals surface area contributed by atoms with Gasteiger partial charge in [-0.3, -0.25) is 0 Å². The third-order valence-electron chi connectivity index (χ3n) is 4.53. The molecule has 0 fully saturated rings. The van der Waals surface area contributed by atoms with Crippen molar-refractivity contribution in [1.29, 1.82) is 5.41 Å². The molecular formula is C24H35NO2. The van der Waals surface area contributed by atoms with Crippen molar-refractivity contribution in [3.63, 3.8) is 0 Å². The van der Waals surface area contributed by atoms with Gasteiger partial charge in [0.15, 0.2) is 5.60 Å². The van der Waals surface area contributed by atoms with Crippen molar-refractivity contribution in [3.8, 4) is 0 Å². The first-order chi connectivity index (χ1) is 12.2. The molecule has 148 valence electrons. The molecule has 0 spiro atoms. The number of hydrogen-bond acceptors (Lipinski definition) is 3. The van der Waals surface area contributed by atoms with E-state index in [1.165, 1.54) is 0 Å². The third-order valence-corrected chi connectivity index (χ3v) is 4.53. The zero-order chi connectivity index (χ0) is 20.7. The Balaban J connectivity index is 2.75. The Morgan fingerprint density at radius 3 is 1.56 bits per heavy atom. The van der Waals surface area contributed by atoms with Crippen LogP contribution >= 0.6 is 0 Å². The normalized spacial score (nSPS) is 21.7. The molecule has 0 aliphatic heterocycles. The van der Waals surface area contributed by atoms with E-state index in [1.807, 2.05) is 39.0 Å². The van der Waals surface area contributed by atoms with Crippen LogP contribution in [0.1, 0.15) is 67.9 Å². The van der Waals surface area contributed by atoms with Crippen LogP contribution in [0.5, 0.6) is 0 Å². The zero-order valence-electron chi connectivity index (χ0n) is 18.4. The van der Waals surface area contributed by atoms with Crippen LogP contribution in [0.2, 0.25) is 0 Å². The summed E-state index contributed by atoms with van der Waals surface area (Å²) < 4.78 is 0. The summed E-state index contributed by atoms with van der Waals surface area (Å²) in [7, 11) is 0. The number of benzene rings is 1. The fourth-order valence-corrected chi connectivity index (χ4v) is 3.10. The lowest BCUT2D eigenvalue weighted by Crippen LogP contribution is -2.38. The van der Waals surface area contributed by atoms with E-state index in [1.54, 1.807) is 0 Å². The molecule has 2 rings (SSSR count). The van der Waals surface area contributed by atoms with Crippen molar-refractivity contribution in [2.45, 2.75) is 73.5 Å². The molecule has 0 saturated heterocycles. The monoisotopic (exact) mass is 369 g/mol. The average Bonchev–Trinajstić information content (AvgIpc) is 2.52. The Labute approximate surface area is 164 Å². The van der Waals surface area contributed by atoms with Crippen molar-refractivity contribution in [2.75, 3.05) is 0 Å². The van der Waals surface area contributed by atoms with Gasteiger partial charge in [-0.25, -0.2) is 9.78 Å². The standard InChI is InChI=1S/C24H35NO2/c1-21(2,3)18-15-24(27-26-23(7,8)9,17-13-11-10-12-14-17)16-19(20(18)25)22(4,5)6/h10-16,25H,1-9H3. The third kappa shape index (κ3) is 4.97. The van der Waals surface area contributed by atoms with Crippen LogP contribution in [0.25, 0.3) is 0 Å². The molecule has 0 saturated carbocycles. The van der Waals surface area contributed by atoms with Gasteiger partial charge in [-0.2, -0.15) is 0 Å². The number of rotatable bonds is 3. The molecule has 0 bridgehead atoms. The summed E-state index contributed by atoms with van der Waals surface area (Å²) in [6.07, 6.45) is 4.12. The highest BCUT2D eigenvalue weighted by molar-refractivity contribution is 6.13. The van der Waals surface area contributed by atoms with Crippen molar-refractivity contribution in [2.24, 2.45) is 10.8 Å². The highest BCUT2D eigenvalue weighted by Gasteiger charge is 2.42. The minimum atomic E-state index is -0.871. The maximum Gasteiger partial charge on any atom is 0.166 e. The van der Waals surface area contributed by atoms with Crippen molar-refractivity contribution < 1.29 is 9.78 Å². The fourth-order valence-electron chi connectivity index (χ4n) is 3.10. The lowest BCUT2D eigenvalue weighted by molar-refractivity contribution is -0.388. The van der Waals surface area contributed by atoms with E-state index in [0.29, 0.717) is 5.71 Å². The Bertz CT molecular complexity index is 716. The topological polar surface area (TPSA) is 42.3 Å². The molecule has 0 radical (unpaired) electrons. The minimum absolute atomic E-state index is 0.188. The van der Waals surface area contributed by atoms with Crippen LogP contribution in [0.4, 0.5) is 0 Å². The van der Waals surface area contributed by atoms with E-state index in [2.05, 4.69) is 65.8 Å². The molecule has 1 aliphatic carbocycles. The maximum absolute atomic E-state index is 8.88. The van der Waals surface area contributed by atoms with Gasteiger partial charge in [0.05, 0.1) is 11.3 Å². The second kappa shape index (κ2) is 7.03. The van der Waals surface area contributed by atoms with Gasteiger partial charge in [0, 0.05) is 0 Å². The van der Waals surface area contributed by atoms with E-state index in [9.17, 15) is 0 Å². The highest BCUT2D eigenvalue weighted by atomic mass is 17.2. The highest BCUT2D eigenvalue weighted by Crippen LogP contribution is 2.45. The van der Waals surface area contributed by atoms with E-state index < -0.39 is 11.2 Å². The van der Waals surface area contributed by atoms with Gasteiger partial charge in [-0.15, -0.1) is 0 Å². The quantitative estimate of drug-likeness (QED) is 0.481. The van der Waals surface area contributed by atoms with Crippen LogP contribution in [0.3, 0.4) is 0 Å². The van der Waals surface area contributed by atoms with E-state index in [0.717, 1.165) is 16.7 Å². The SMILES string of the molecule is CC(C)(C)OOC1(c2ccccc2)C=C(C(C)(C)C)C(=N)C(C(C)(C)C)=C1. The van der Waals surface area contributed by atoms with Crippen molar-refractivity contribution >= 4 is 5.71 Å². The number of allylic oxidation sites excluding steroid dienone is 2. The summed E-state index contributed by atoms with van der Waals surface area (Å²) in [6, 6.07) is 10.1. The maximum atomic E-state index is 8.88. The van der Waals surface area contributed by atoms with E-state index in [-0.39, 0.29) is 10.8 Å². The average molecular weight is 370 g/mol. The van der Waals surface area contributed by atoms with Gasteiger partial charge >= 0.3 is 0 Å². The molecule has 1 N–H and O–H groups in total. The summed E-state index contributed by atoms with van der Waals surface area (Å²) >= 11 is 0. The van der Waals surface area contributed by atoms with Crippen LogP contribution in [-0.2, 0) is 15.4 Å². The lowest BCUT2D eigenvalue weighted by atomic mass is 9.68. The minimum Gasteiger partial charge on any atom is -0.300 e. The van der Waals surface area contributed by atoms with Gasteiger partial charge in [0.1, 0.15) is 0 Å². The van der Waals surface area contributed by atoms with E-state index in [4.69, 9.17) is 15.2 Å². The van der Waals surface area contributed by atoms with Gasteiger partial charge in [0.2, 0.25) is 0 Å². The molecule has 1 aromatic rings. The second-order valence-corrected chi connectivity index (χ2v) is 10.4. The molecule has 0 aromatic heterocycles. The Kier molecular flexibility index (Phi) is 5.62. The summed E-state index contributed by atoms with van der Waals surface area (Å²) in [4.78, 5) is 12.0. The van der Waals surface area contributed by atoms with Gasteiger partial charge in [-0.05, 0) is 60.5 Å². The second-order valence-electron chi connectivity index (χ2n) is 10.4. The molecule has 1 aliphatic rings. The summed E-state index contributed by atoms with van der Waals surface area (Å²) in [5.41, 5.74) is 1.82. The van der Waals surface area contributed by atoms with Gasteiger partial charge < -0.3 is 5.41 Å². The summed E-state index contributed by atoms with van der Waals surface area (Å²) in [5.74, 6) is 0. The number of hydrogen-bond donors (Lipinski definition) is 1. The summed E-state index contributed by atoms with van der Waals surface area (Å²) in [6.45, 7) is 18.7. The molecule has 27 heavy (non-hydrogen) atoms. The Morgan fingerprint density at radius 2 is 1.19 bits per heavy atom. The largest absolute Gasteiger partial charge is 0.300 e. The van der Waals surface area contributed by atoms with Gasteiger partial charge in [0.25, 0.3) is 0 Å². The van der Waals surface area contributed by atoms with Crippen LogP contribution in [0, 0.1) is 16.2 Å². The molecule has 3 heteroatoms. The predicted octanol–water partition coefficient (Wildman–Crippen LogP) is 6.61. The molecular weight excluding hydrogens is 334 g/mol. The predicted molar refractivity (Wildman–Crippen MR) is 113 cm³/mol. The first-order valence-electron chi connectivity index (χ1n) is 9.64. The molecule has 1 aromatic carbocycles. The van der Waals surface area contributed by atoms with E-state index >= 15 is 0 Å². The zero-order valence-corrected chi connectivity index (χ0v) is 18.4. The fraction of sp³-hybridized carbons (Fsp3) is 0.542. The van der Waals surface area contributed by atoms with Crippen LogP contribution in [0.15, 0.2) is 53.6 Å². The first kappa shape index (κ1) is 21.6. The molecule has 0 heterocycles. The van der Waals surface area contributed by atoms with Crippen LogP contribution < -0.4 is 0 Å². The Morgan fingerprint density at radius 1 is 0.741 bits per heavy atom. The molecule has 0 atom stereocenters. The molecule has 3 nitrogen and oxygen atoms in total. The Hall–Kier alpha value is -1.71. The summed E-state index contributed by atoms with van der Waals surface area (Å²) in [5, 5.41) is 8.88. The lowest BCUT2D eigenvalue weighted by Gasteiger charge is -2.40.